The van der Waals surface area contributed by atoms with Gasteiger partial charge in [-0.25, -0.2) is 4.79 Å². The third-order valence-electron chi connectivity index (χ3n) is 2.40. The third kappa shape index (κ3) is 2.92. The highest BCUT2D eigenvalue weighted by Crippen LogP contribution is 2.19. The fourth-order valence-electron chi connectivity index (χ4n) is 1.57. The van der Waals surface area contributed by atoms with Gasteiger partial charge in [0, 0.05) is 19.4 Å². The van der Waals surface area contributed by atoms with Crippen LogP contribution in [0.2, 0.25) is 0 Å². The molecule has 0 aromatic heterocycles. The number of carbonyl (C=O) groups is 2. The molecule has 1 amide bonds. The summed E-state index contributed by atoms with van der Waals surface area (Å²) in [6.07, 6.45) is 0.682. The van der Waals surface area contributed by atoms with Crippen molar-refractivity contribution in [2.24, 2.45) is 5.92 Å². The molecule has 15 heavy (non-hydrogen) atoms. The maximum absolute atomic E-state index is 11.5. The standard InChI is InChI=1S/C10H17NO4/c1-7(2)5-8(12)11-10(9(13)14)3-4-15-6-10/h7H,3-6H2,1-2H3,(H,11,12)(H,13,14). The van der Waals surface area contributed by atoms with E-state index in [1.165, 1.54) is 0 Å². The number of carboxylic acid groups (broad SMARTS) is 1. The number of hydrogen-bond acceptors (Lipinski definition) is 3. The van der Waals surface area contributed by atoms with Crippen LogP contribution in [-0.4, -0.2) is 35.7 Å². The lowest BCUT2D eigenvalue weighted by atomic mass is 9.98. The minimum absolute atomic E-state index is 0.0617. The molecule has 5 nitrogen and oxygen atoms in total. The van der Waals surface area contributed by atoms with Gasteiger partial charge in [-0.05, 0) is 5.92 Å². The van der Waals surface area contributed by atoms with Crippen LogP contribution in [0.5, 0.6) is 0 Å². The van der Waals surface area contributed by atoms with Crippen molar-refractivity contribution < 1.29 is 19.4 Å². The van der Waals surface area contributed by atoms with Gasteiger partial charge in [0.25, 0.3) is 0 Å². The number of carbonyl (C=O) groups excluding carboxylic acids is 1. The molecule has 0 saturated carbocycles. The molecule has 0 bridgehead atoms. The maximum atomic E-state index is 11.5. The summed E-state index contributed by atoms with van der Waals surface area (Å²) in [6, 6.07) is 0. The molecule has 2 N–H and O–H groups in total. The Morgan fingerprint density at radius 3 is 2.60 bits per heavy atom. The van der Waals surface area contributed by atoms with Crippen LogP contribution in [-0.2, 0) is 14.3 Å². The summed E-state index contributed by atoms with van der Waals surface area (Å²) in [7, 11) is 0. The Morgan fingerprint density at radius 1 is 1.53 bits per heavy atom. The Hall–Kier alpha value is -1.10. The molecule has 0 spiro atoms. The summed E-state index contributed by atoms with van der Waals surface area (Å²) < 4.78 is 5.03. The quantitative estimate of drug-likeness (QED) is 0.711. The fraction of sp³-hybridized carbons (Fsp3) is 0.800. The molecule has 1 saturated heterocycles. The molecule has 0 aromatic carbocycles. The van der Waals surface area contributed by atoms with E-state index < -0.39 is 11.5 Å². The van der Waals surface area contributed by atoms with Gasteiger partial charge in [-0.1, -0.05) is 13.8 Å². The number of aliphatic carboxylic acids is 1. The summed E-state index contributed by atoms with van der Waals surface area (Å²) in [5.41, 5.74) is -1.20. The zero-order valence-corrected chi connectivity index (χ0v) is 9.08. The first-order chi connectivity index (χ1) is 6.96. The molecule has 86 valence electrons. The molecule has 1 unspecified atom stereocenters. The Morgan fingerprint density at radius 2 is 2.20 bits per heavy atom. The van der Waals surface area contributed by atoms with Crippen LogP contribution < -0.4 is 5.32 Å². The molecule has 1 aliphatic heterocycles. The van der Waals surface area contributed by atoms with E-state index in [0.29, 0.717) is 19.4 Å². The van der Waals surface area contributed by atoms with Crippen molar-refractivity contribution in [3.05, 3.63) is 0 Å². The second-order valence-corrected chi connectivity index (χ2v) is 4.34. The first kappa shape index (κ1) is 12.0. The first-order valence-electron chi connectivity index (χ1n) is 5.08. The van der Waals surface area contributed by atoms with Crippen molar-refractivity contribution in [1.29, 1.82) is 0 Å². The number of nitrogens with one attached hydrogen (secondary N) is 1. The van der Waals surface area contributed by atoms with Crippen LogP contribution in [0.15, 0.2) is 0 Å². The predicted molar refractivity (Wildman–Crippen MR) is 53.4 cm³/mol. The van der Waals surface area contributed by atoms with Crippen LogP contribution in [0.4, 0.5) is 0 Å². The second-order valence-electron chi connectivity index (χ2n) is 4.34. The average molecular weight is 215 g/mol. The summed E-state index contributed by atoms with van der Waals surface area (Å²) >= 11 is 0. The summed E-state index contributed by atoms with van der Waals surface area (Å²) in [6.45, 7) is 4.27. The van der Waals surface area contributed by atoms with Crippen molar-refractivity contribution in [3.63, 3.8) is 0 Å². The van der Waals surface area contributed by atoms with Gasteiger partial charge in [0.2, 0.25) is 5.91 Å². The summed E-state index contributed by atoms with van der Waals surface area (Å²) in [4.78, 5) is 22.5. The molecule has 1 rings (SSSR count). The second kappa shape index (κ2) is 4.61. The van der Waals surface area contributed by atoms with Gasteiger partial charge in [-0.3, -0.25) is 4.79 Å². The van der Waals surface area contributed by atoms with Crippen molar-refractivity contribution in [2.75, 3.05) is 13.2 Å². The first-order valence-corrected chi connectivity index (χ1v) is 5.08. The van der Waals surface area contributed by atoms with Crippen LogP contribution in [0.25, 0.3) is 0 Å². The lowest BCUT2D eigenvalue weighted by Gasteiger charge is -2.24. The van der Waals surface area contributed by atoms with Crippen molar-refractivity contribution in [1.82, 2.24) is 5.32 Å². The SMILES string of the molecule is CC(C)CC(=O)NC1(C(=O)O)CCOC1. The van der Waals surface area contributed by atoms with Gasteiger partial charge in [-0.2, -0.15) is 0 Å². The zero-order valence-electron chi connectivity index (χ0n) is 9.08. The lowest BCUT2D eigenvalue weighted by Crippen LogP contribution is -2.55. The molecule has 0 aromatic rings. The van der Waals surface area contributed by atoms with E-state index in [4.69, 9.17) is 9.84 Å². The van der Waals surface area contributed by atoms with E-state index in [2.05, 4.69) is 5.32 Å². The maximum Gasteiger partial charge on any atom is 0.331 e. The van der Waals surface area contributed by atoms with Gasteiger partial charge in [0.15, 0.2) is 5.54 Å². The van der Waals surface area contributed by atoms with Crippen molar-refractivity contribution >= 4 is 11.9 Å². The number of carboxylic acids is 1. The summed E-state index contributed by atoms with van der Waals surface area (Å²) in [5.74, 6) is -1.02. The Labute approximate surface area is 88.8 Å². The lowest BCUT2D eigenvalue weighted by molar-refractivity contribution is -0.147. The molecular weight excluding hydrogens is 198 g/mol. The summed E-state index contributed by atoms with van der Waals surface area (Å²) in [5, 5.41) is 11.6. The topological polar surface area (TPSA) is 75.6 Å². The number of hydrogen-bond donors (Lipinski definition) is 2. The predicted octanol–water partition coefficient (Wildman–Crippen LogP) is 0.392. The molecule has 1 aliphatic rings. The van der Waals surface area contributed by atoms with Crippen molar-refractivity contribution in [3.8, 4) is 0 Å². The van der Waals surface area contributed by atoms with Crippen LogP contribution >= 0.6 is 0 Å². The van der Waals surface area contributed by atoms with Crippen LogP contribution in [0, 0.1) is 5.92 Å². The Bertz CT molecular complexity index is 256. The average Bonchev–Trinajstić information content (AvgIpc) is 2.52. The molecule has 1 fully saturated rings. The van der Waals surface area contributed by atoms with E-state index in [1.807, 2.05) is 13.8 Å². The van der Waals surface area contributed by atoms with E-state index in [1.54, 1.807) is 0 Å². The molecule has 0 aliphatic carbocycles. The minimum atomic E-state index is -1.20. The normalized spacial score (nSPS) is 25.5. The number of rotatable bonds is 4. The molecular formula is C10H17NO4. The smallest absolute Gasteiger partial charge is 0.331 e. The third-order valence-corrected chi connectivity index (χ3v) is 2.40. The number of ether oxygens (including phenoxy) is 1. The zero-order chi connectivity index (χ0) is 11.5. The molecule has 1 heterocycles. The molecule has 1 atom stereocenters. The minimum Gasteiger partial charge on any atom is -0.479 e. The van der Waals surface area contributed by atoms with Gasteiger partial charge in [-0.15, -0.1) is 0 Å². The van der Waals surface area contributed by atoms with Crippen LogP contribution in [0.3, 0.4) is 0 Å². The molecule has 5 heteroatoms. The highest BCUT2D eigenvalue weighted by Gasteiger charge is 2.43. The van der Waals surface area contributed by atoms with E-state index in [0.717, 1.165) is 0 Å². The highest BCUT2D eigenvalue weighted by molar-refractivity contribution is 5.87. The van der Waals surface area contributed by atoms with Gasteiger partial charge >= 0.3 is 5.97 Å². The van der Waals surface area contributed by atoms with Gasteiger partial charge in [0.05, 0.1) is 6.61 Å². The Kier molecular flexibility index (Phi) is 3.68. The fourth-order valence-corrected chi connectivity index (χ4v) is 1.57. The van der Waals surface area contributed by atoms with E-state index >= 15 is 0 Å². The van der Waals surface area contributed by atoms with Crippen molar-refractivity contribution in [2.45, 2.75) is 32.2 Å². The van der Waals surface area contributed by atoms with Gasteiger partial charge < -0.3 is 15.2 Å². The monoisotopic (exact) mass is 215 g/mol. The highest BCUT2D eigenvalue weighted by atomic mass is 16.5. The van der Waals surface area contributed by atoms with E-state index in [-0.39, 0.29) is 18.4 Å². The van der Waals surface area contributed by atoms with E-state index in [9.17, 15) is 9.59 Å². The largest absolute Gasteiger partial charge is 0.479 e. The van der Waals surface area contributed by atoms with Crippen LogP contribution in [0.1, 0.15) is 26.7 Å². The van der Waals surface area contributed by atoms with Gasteiger partial charge in [0.1, 0.15) is 0 Å². The molecule has 0 radical (unpaired) electrons. The number of amides is 1. The Balaban J connectivity index is 2.59.